The van der Waals surface area contributed by atoms with Crippen molar-refractivity contribution >= 4 is 5.91 Å². The smallest absolute Gasteiger partial charge is 0.274 e. The van der Waals surface area contributed by atoms with Crippen molar-refractivity contribution in [1.29, 1.82) is 0 Å². The number of aromatic nitrogens is 4. The van der Waals surface area contributed by atoms with Crippen LogP contribution in [0, 0.1) is 6.92 Å². The number of hydrogen-bond donors (Lipinski definition) is 0. The van der Waals surface area contributed by atoms with Crippen LogP contribution >= 0.6 is 0 Å². The van der Waals surface area contributed by atoms with Crippen LogP contribution in [0.3, 0.4) is 0 Å². The SMILES string of the molecule is Cc1cncc(C2CCN(C(=O)c3ccn(C)n3)CC2)n1. The number of hydrogen-bond acceptors (Lipinski definition) is 4. The highest BCUT2D eigenvalue weighted by atomic mass is 16.2. The van der Waals surface area contributed by atoms with Crippen LogP contribution in [-0.2, 0) is 7.05 Å². The van der Waals surface area contributed by atoms with Gasteiger partial charge in [-0.3, -0.25) is 19.4 Å². The minimum Gasteiger partial charge on any atom is -0.337 e. The molecule has 3 rings (SSSR count). The van der Waals surface area contributed by atoms with E-state index in [9.17, 15) is 4.79 Å². The Morgan fingerprint density at radius 3 is 2.67 bits per heavy atom. The molecule has 2 aromatic rings. The molecule has 1 saturated heterocycles. The number of carbonyl (C=O) groups excluding carboxylic acids is 1. The molecule has 0 unspecified atom stereocenters. The lowest BCUT2D eigenvalue weighted by molar-refractivity contribution is 0.0705. The van der Waals surface area contributed by atoms with Crippen LogP contribution in [0.5, 0.6) is 0 Å². The monoisotopic (exact) mass is 285 g/mol. The number of piperidine rings is 1. The van der Waals surface area contributed by atoms with Crippen LogP contribution in [0.15, 0.2) is 24.7 Å². The van der Waals surface area contributed by atoms with Gasteiger partial charge in [-0.05, 0) is 25.8 Å². The van der Waals surface area contributed by atoms with Crippen molar-refractivity contribution in [3.05, 3.63) is 41.7 Å². The summed E-state index contributed by atoms with van der Waals surface area (Å²) >= 11 is 0. The van der Waals surface area contributed by atoms with E-state index in [2.05, 4.69) is 15.1 Å². The molecule has 0 aliphatic carbocycles. The Hall–Kier alpha value is -2.24. The molecule has 6 nitrogen and oxygen atoms in total. The van der Waals surface area contributed by atoms with E-state index in [1.807, 2.05) is 25.1 Å². The second-order valence-electron chi connectivity index (χ2n) is 5.53. The van der Waals surface area contributed by atoms with Crippen molar-refractivity contribution in [1.82, 2.24) is 24.6 Å². The number of amides is 1. The van der Waals surface area contributed by atoms with Gasteiger partial charge in [0.25, 0.3) is 5.91 Å². The highest BCUT2D eigenvalue weighted by Crippen LogP contribution is 2.26. The predicted molar refractivity (Wildman–Crippen MR) is 77.9 cm³/mol. The normalized spacial score (nSPS) is 16.2. The molecule has 1 aliphatic heterocycles. The number of nitrogens with zero attached hydrogens (tertiary/aromatic N) is 5. The fraction of sp³-hybridized carbons (Fsp3) is 0.467. The highest BCUT2D eigenvalue weighted by molar-refractivity contribution is 5.92. The highest BCUT2D eigenvalue weighted by Gasteiger charge is 2.26. The van der Waals surface area contributed by atoms with E-state index in [0.29, 0.717) is 11.6 Å². The summed E-state index contributed by atoms with van der Waals surface area (Å²) in [5.74, 6) is 0.412. The fourth-order valence-corrected chi connectivity index (χ4v) is 2.75. The first kappa shape index (κ1) is 13.7. The largest absolute Gasteiger partial charge is 0.337 e. The van der Waals surface area contributed by atoms with Gasteiger partial charge in [0.15, 0.2) is 0 Å². The van der Waals surface area contributed by atoms with Gasteiger partial charge in [-0.2, -0.15) is 5.10 Å². The third kappa shape index (κ3) is 2.94. The quantitative estimate of drug-likeness (QED) is 0.839. The van der Waals surface area contributed by atoms with Gasteiger partial charge in [0.1, 0.15) is 5.69 Å². The van der Waals surface area contributed by atoms with Gasteiger partial charge in [-0.25, -0.2) is 0 Å². The van der Waals surface area contributed by atoms with Gasteiger partial charge >= 0.3 is 0 Å². The lowest BCUT2D eigenvalue weighted by Crippen LogP contribution is -2.38. The summed E-state index contributed by atoms with van der Waals surface area (Å²) in [6.45, 7) is 3.45. The molecule has 0 saturated carbocycles. The van der Waals surface area contributed by atoms with Crippen molar-refractivity contribution in [3.63, 3.8) is 0 Å². The van der Waals surface area contributed by atoms with E-state index < -0.39 is 0 Å². The van der Waals surface area contributed by atoms with Crippen LogP contribution < -0.4 is 0 Å². The summed E-state index contributed by atoms with van der Waals surface area (Å²) in [4.78, 5) is 23.0. The molecule has 2 aromatic heterocycles. The summed E-state index contributed by atoms with van der Waals surface area (Å²) in [5, 5.41) is 4.18. The van der Waals surface area contributed by atoms with E-state index in [1.54, 1.807) is 23.1 Å². The average Bonchev–Trinajstić information content (AvgIpc) is 2.93. The first-order valence-corrected chi connectivity index (χ1v) is 7.21. The molecule has 0 N–H and O–H groups in total. The van der Waals surface area contributed by atoms with E-state index in [4.69, 9.17) is 0 Å². The molecular formula is C15H19N5O. The lowest BCUT2D eigenvalue weighted by atomic mass is 9.93. The van der Waals surface area contributed by atoms with Crippen LogP contribution in [0.1, 0.15) is 40.6 Å². The lowest BCUT2D eigenvalue weighted by Gasteiger charge is -2.31. The molecule has 110 valence electrons. The maximum Gasteiger partial charge on any atom is 0.274 e. The Morgan fingerprint density at radius 1 is 1.29 bits per heavy atom. The molecular weight excluding hydrogens is 266 g/mol. The molecule has 0 atom stereocenters. The number of aryl methyl sites for hydroxylation is 2. The summed E-state index contributed by atoms with van der Waals surface area (Å²) in [6.07, 6.45) is 7.26. The van der Waals surface area contributed by atoms with Crippen molar-refractivity contribution in [2.45, 2.75) is 25.7 Å². The van der Waals surface area contributed by atoms with Crippen molar-refractivity contribution in [2.75, 3.05) is 13.1 Å². The predicted octanol–water partition coefficient (Wildman–Crippen LogP) is 1.54. The first-order valence-electron chi connectivity index (χ1n) is 7.21. The molecule has 0 radical (unpaired) electrons. The van der Waals surface area contributed by atoms with Crippen LogP contribution in [-0.4, -0.2) is 43.6 Å². The van der Waals surface area contributed by atoms with Crippen molar-refractivity contribution < 1.29 is 4.79 Å². The topological polar surface area (TPSA) is 63.9 Å². The third-order valence-electron chi connectivity index (χ3n) is 3.91. The number of rotatable bonds is 2. The molecule has 0 aromatic carbocycles. The maximum atomic E-state index is 12.3. The number of carbonyl (C=O) groups is 1. The van der Waals surface area contributed by atoms with Crippen LogP contribution in [0.4, 0.5) is 0 Å². The first-order chi connectivity index (χ1) is 10.1. The number of likely N-dealkylation sites (tertiary alicyclic amines) is 1. The molecule has 6 heteroatoms. The molecule has 0 bridgehead atoms. The second-order valence-corrected chi connectivity index (χ2v) is 5.53. The Morgan fingerprint density at radius 2 is 2.05 bits per heavy atom. The standard InChI is InChI=1S/C15H19N5O/c1-11-9-16-10-14(17-11)12-3-7-20(8-4-12)15(21)13-5-6-19(2)18-13/h5-6,9-10,12H,3-4,7-8H2,1-2H3. The zero-order valence-electron chi connectivity index (χ0n) is 12.4. The summed E-state index contributed by atoms with van der Waals surface area (Å²) in [7, 11) is 1.82. The van der Waals surface area contributed by atoms with Gasteiger partial charge in [0.2, 0.25) is 0 Å². The van der Waals surface area contributed by atoms with Gasteiger partial charge < -0.3 is 4.90 Å². The summed E-state index contributed by atoms with van der Waals surface area (Å²) in [5.41, 5.74) is 2.51. The van der Waals surface area contributed by atoms with Crippen molar-refractivity contribution in [3.8, 4) is 0 Å². The Labute approximate surface area is 123 Å². The van der Waals surface area contributed by atoms with E-state index >= 15 is 0 Å². The van der Waals surface area contributed by atoms with Gasteiger partial charge in [0, 0.05) is 44.6 Å². The average molecular weight is 285 g/mol. The molecule has 21 heavy (non-hydrogen) atoms. The molecule has 0 spiro atoms. The zero-order valence-corrected chi connectivity index (χ0v) is 12.4. The van der Waals surface area contributed by atoms with E-state index in [1.165, 1.54) is 0 Å². The molecule has 1 aliphatic rings. The minimum atomic E-state index is 0.0179. The molecule has 1 amide bonds. The van der Waals surface area contributed by atoms with Crippen LogP contribution in [0.25, 0.3) is 0 Å². The summed E-state index contributed by atoms with van der Waals surface area (Å²) < 4.78 is 1.66. The Balaban J connectivity index is 1.64. The summed E-state index contributed by atoms with van der Waals surface area (Å²) in [6, 6.07) is 1.76. The molecule has 3 heterocycles. The Bertz CT molecular complexity index is 643. The van der Waals surface area contributed by atoms with Gasteiger partial charge in [-0.15, -0.1) is 0 Å². The minimum absolute atomic E-state index is 0.0179. The third-order valence-corrected chi connectivity index (χ3v) is 3.91. The fourth-order valence-electron chi connectivity index (χ4n) is 2.75. The molecule has 1 fully saturated rings. The Kier molecular flexibility index (Phi) is 3.68. The van der Waals surface area contributed by atoms with Crippen LogP contribution in [0.2, 0.25) is 0 Å². The van der Waals surface area contributed by atoms with E-state index in [0.717, 1.165) is 37.3 Å². The van der Waals surface area contributed by atoms with Crippen molar-refractivity contribution in [2.24, 2.45) is 7.05 Å². The van der Waals surface area contributed by atoms with Gasteiger partial charge in [0.05, 0.1) is 11.4 Å². The maximum absolute atomic E-state index is 12.3. The van der Waals surface area contributed by atoms with Gasteiger partial charge in [-0.1, -0.05) is 0 Å². The van der Waals surface area contributed by atoms with E-state index in [-0.39, 0.29) is 5.91 Å². The zero-order chi connectivity index (χ0) is 14.8. The second kappa shape index (κ2) is 5.63.